The van der Waals surface area contributed by atoms with Crippen LogP contribution in [-0.4, -0.2) is 19.9 Å². The van der Waals surface area contributed by atoms with Crippen molar-refractivity contribution in [3.8, 4) is 5.75 Å². The lowest BCUT2D eigenvalue weighted by Gasteiger charge is -2.09. The minimum absolute atomic E-state index is 0.179. The molecule has 3 nitrogen and oxygen atoms in total. The van der Waals surface area contributed by atoms with Crippen molar-refractivity contribution in [1.82, 2.24) is 5.48 Å². The maximum absolute atomic E-state index is 11.8. The van der Waals surface area contributed by atoms with E-state index in [9.17, 15) is 13.2 Å². The van der Waals surface area contributed by atoms with Gasteiger partial charge in [-0.05, 0) is 33.6 Å². The molecular weight excluding hydrogens is 303 g/mol. The van der Waals surface area contributed by atoms with E-state index in [0.29, 0.717) is 5.75 Å². The van der Waals surface area contributed by atoms with Gasteiger partial charge in [-0.2, -0.15) is 18.7 Å². The Hall–Kier alpha value is -0.790. The molecule has 0 fully saturated rings. The average molecular weight is 314 g/mol. The number of methoxy groups -OCH3 is 1. The van der Waals surface area contributed by atoms with Crippen LogP contribution in [0, 0.1) is 0 Å². The summed E-state index contributed by atoms with van der Waals surface area (Å²) in [5.74, 6) is 0.657. The molecule has 0 amide bonds. The summed E-state index contributed by atoms with van der Waals surface area (Å²) in [6.07, 6.45) is -4.33. The summed E-state index contributed by atoms with van der Waals surface area (Å²) in [4.78, 5) is 4.28. The second-order valence-electron chi connectivity index (χ2n) is 3.19. The third kappa shape index (κ3) is 5.38. The highest BCUT2D eigenvalue weighted by Crippen LogP contribution is 2.25. The topological polar surface area (TPSA) is 30.5 Å². The normalized spacial score (nSPS) is 11.6. The molecule has 0 saturated heterocycles. The van der Waals surface area contributed by atoms with E-state index >= 15 is 0 Å². The number of hydrogen-bond acceptors (Lipinski definition) is 3. The van der Waals surface area contributed by atoms with E-state index in [1.807, 2.05) is 0 Å². The van der Waals surface area contributed by atoms with Crippen LogP contribution in [0.5, 0.6) is 5.75 Å². The van der Waals surface area contributed by atoms with Crippen LogP contribution >= 0.6 is 15.9 Å². The fourth-order valence-electron chi connectivity index (χ4n) is 1.09. The van der Waals surface area contributed by atoms with Crippen LogP contribution in [0.25, 0.3) is 0 Å². The van der Waals surface area contributed by atoms with Gasteiger partial charge in [0, 0.05) is 6.54 Å². The maximum Gasteiger partial charge on any atom is 0.413 e. The van der Waals surface area contributed by atoms with Gasteiger partial charge >= 0.3 is 6.18 Å². The number of nitrogens with one attached hydrogen (secondary N) is 1. The van der Waals surface area contributed by atoms with Gasteiger partial charge in [0.2, 0.25) is 0 Å². The number of ether oxygens (including phenoxy) is 1. The van der Waals surface area contributed by atoms with E-state index in [1.165, 1.54) is 7.11 Å². The van der Waals surface area contributed by atoms with E-state index in [0.717, 1.165) is 10.0 Å². The summed E-state index contributed by atoms with van der Waals surface area (Å²) in [6.45, 7) is -1.14. The zero-order chi connectivity index (χ0) is 12.9. The second-order valence-corrected chi connectivity index (χ2v) is 4.05. The molecule has 0 atom stereocenters. The number of benzene rings is 1. The van der Waals surface area contributed by atoms with Crippen LogP contribution in [0.15, 0.2) is 22.7 Å². The molecular formula is C10H11BrF3NO2. The summed E-state index contributed by atoms with van der Waals surface area (Å²) in [5.41, 5.74) is 3.02. The Bertz CT molecular complexity index is 371. The molecule has 0 aliphatic carbocycles. The number of hydrogen-bond donors (Lipinski definition) is 1. The van der Waals surface area contributed by atoms with Gasteiger partial charge in [0.15, 0.2) is 6.61 Å². The van der Waals surface area contributed by atoms with Gasteiger partial charge in [-0.1, -0.05) is 6.07 Å². The molecule has 0 aliphatic heterocycles. The summed E-state index contributed by atoms with van der Waals surface area (Å²) >= 11 is 3.27. The second kappa shape index (κ2) is 6.23. The number of rotatable bonds is 5. The molecule has 1 aromatic carbocycles. The average Bonchev–Trinajstić information content (AvgIpc) is 2.23. The molecule has 1 N–H and O–H groups in total. The Morgan fingerprint density at radius 1 is 1.35 bits per heavy atom. The molecule has 96 valence electrons. The SMILES string of the molecule is COc1ccc(CNOCC(F)(F)F)cc1Br. The monoisotopic (exact) mass is 313 g/mol. The van der Waals surface area contributed by atoms with Crippen LogP contribution in [0.2, 0.25) is 0 Å². The van der Waals surface area contributed by atoms with Gasteiger partial charge < -0.3 is 4.74 Å². The number of halogens is 4. The number of alkyl halides is 3. The third-order valence-corrected chi connectivity index (χ3v) is 2.45. The Kier molecular flexibility index (Phi) is 5.23. The third-order valence-electron chi connectivity index (χ3n) is 1.83. The van der Waals surface area contributed by atoms with Crippen molar-refractivity contribution < 1.29 is 22.7 Å². The predicted octanol–water partition coefficient (Wildman–Crippen LogP) is 3.04. The minimum Gasteiger partial charge on any atom is -0.496 e. The smallest absolute Gasteiger partial charge is 0.413 e. The highest BCUT2D eigenvalue weighted by Gasteiger charge is 2.27. The van der Waals surface area contributed by atoms with Crippen molar-refractivity contribution in [2.24, 2.45) is 0 Å². The lowest BCUT2D eigenvalue weighted by Crippen LogP contribution is -2.24. The summed E-state index contributed by atoms with van der Waals surface area (Å²) in [7, 11) is 1.53. The molecule has 0 bridgehead atoms. The molecule has 0 heterocycles. The molecule has 0 saturated carbocycles. The van der Waals surface area contributed by atoms with Crippen molar-refractivity contribution in [2.45, 2.75) is 12.7 Å². The Morgan fingerprint density at radius 3 is 2.59 bits per heavy atom. The summed E-state index contributed by atoms with van der Waals surface area (Å²) < 4.78 is 41.0. The summed E-state index contributed by atoms with van der Waals surface area (Å²) in [6, 6.07) is 5.18. The zero-order valence-corrected chi connectivity index (χ0v) is 10.6. The van der Waals surface area contributed by atoms with Gasteiger partial charge in [0.1, 0.15) is 5.75 Å². The van der Waals surface area contributed by atoms with Crippen LogP contribution in [0.1, 0.15) is 5.56 Å². The highest BCUT2D eigenvalue weighted by molar-refractivity contribution is 9.10. The molecule has 7 heteroatoms. The molecule has 0 unspecified atom stereocenters. The van der Waals surface area contributed by atoms with E-state index in [4.69, 9.17) is 4.74 Å². The lowest BCUT2D eigenvalue weighted by molar-refractivity contribution is -0.190. The minimum atomic E-state index is -4.33. The van der Waals surface area contributed by atoms with Gasteiger partial charge in [0.05, 0.1) is 11.6 Å². The van der Waals surface area contributed by atoms with E-state index in [-0.39, 0.29) is 6.54 Å². The molecule has 0 aliphatic rings. The molecule has 0 radical (unpaired) electrons. The first-order valence-corrected chi connectivity index (χ1v) is 5.45. The standard InChI is InChI=1S/C10H11BrF3NO2/c1-16-9-3-2-7(4-8(9)11)5-15-17-6-10(12,13)14/h2-4,15H,5-6H2,1H3. The Labute approximate surface area is 105 Å². The van der Waals surface area contributed by atoms with E-state index in [1.54, 1.807) is 18.2 Å². The van der Waals surface area contributed by atoms with E-state index in [2.05, 4.69) is 26.2 Å². The summed E-state index contributed by atoms with van der Waals surface area (Å²) in [5, 5.41) is 0. The van der Waals surface area contributed by atoms with Gasteiger partial charge in [-0.15, -0.1) is 0 Å². The Morgan fingerprint density at radius 2 is 2.06 bits per heavy atom. The molecule has 0 spiro atoms. The molecule has 0 aromatic heterocycles. The van der Waals surface area contributed by atoms with Crippen molar-refractivity contribution >= 4 is 15.9 Å². The van der Waals surface area contributed by atoms with Gasteiger partial charge in [-0.3, -0.25) is 4.84 Å². The number of hydroxylamine groups is 1. The fraction of sp³-hybridized carbons (Fsp3) is 0.400. The maximum atomic E-state index is 11.8. The van der Waals surface area contributed by atoms with Gasteiger partial charge in [0.25, 0.3) is 0 Å². The van der Waals surface area contributed by atoms with Crippen molar-refractivity contribution in [3.05, 3.63) is 28.2 Å². The lowest BCUT2D eigenvalue weighted by atomic mass is 10.2. The zero-order valence-electron chi connectivity index (χ0n) is 8.97. The van der Waals surface area contributed by atoms with Crippen LogP contribution in [-0.2, 0) is 11.4 Å². The van der Waals surface area contributed by atoms with Gasteiger partial charge in [-0.25, -0.2) is 0 Å². The first kappa shape index (κ1) is 14.3. The van der Waals surface area contributed by atoms with Crippen LogP contribution in [0.3, 0.4) is 0 Å². The fourth-order valence-corrected chi connectivity index (χ4v) is 1.68. The quantitative estimate of drug-likeness (QED) is 0.669. The van der Waals surface area contributed by atoms with E-state index < -0.39 is 12.8 Å². The van der Waals surface area contributed by atoms with Crippen molar-refractivity contribution in [3.63, 3.8) is 0 Å². The van der Waals surface area contributed by atoms with Crippen molar-refractivity contribution in [2.75, 3.05) is 13.7 Å². The first-order valence-electron chi connectivity index (χ1n) is 4.66. The van der Waals surface area contributed by atoms with Crippen LogP contribution < -0.4 is 10.2 Å². The molecule has 17 heavy (non-hydrogen) atoms. The highest BCUT2D eigenvalue weighted by atomic mass is 79.9. The largest absolute Gasteiger partial charge is 0.496 e. The predicted molar refractivity (Wildman–Crippen MR) is 59.5 cm³/mol. The molecule has 1 aromatic rings. The Balaban J connectivity index is 2.40. The first-order chi connectivity index (χ1) is 7.92. The molecule has 1 rings (SSSR count). The van der Waals surface area contributed by atoms with Crippen LogP contribution in [0.4, 0.5) is 13.2 Å². The van der Waals surface area contributed by atoms with Crippen molar-refractivity contribution in [1.29, 1.82) is 0 Å².